The molecule has 2 aromatic carbocycles. The highest BCUT2D eigenvalue weighted by Crippen LogP contribution is 2.55. The molecule has 4 saturated carbocycles. The Morgan fingerprint density at radius 1 is 0.929 bits per heavy atom. The average molecular weight is 590 g/mol. The van der Waals surface area contributed by atoms with E-state index in [1.165, 1.54) is 25.6 Å². The maximum atomic E-state index is 12.9. The lowest BCUT2D eigenvalue weighted by Crippen LogP contribution is -2.61. The smallest absolute Gasteiger partial charge is 0.315 e. The van der Waals surface area contributed by atoms with Gasteiger partial charge in [-0.1, -0.05) is 60.3 Å². The van der Waals surface area contributed by atoms with Crippen molar-refractivity contribution in [2.45, 2.75) is 87.3 Å². The summed E-state index contributed by atoms with van der Waals surface area (Å²) in [7, 11) is 0. The number of urea groups is 1. The third kappa shape index (κ3) is 6.22. The van der Waals surface area contributed by atoms with E-state index in [9.17, 15) is 9.90 Å². The number of rotatable bonds is 9. The van der Waals surface area contributed by atoms with Crippen LogP contribution in [0.4, 0.5) is 4.79 Å². The van der Waals surface area contributed by atoms with Crippen molar-refractivity contribution in [1.82, 2.24) is 25.8 Å². The first kappa shape index (κ1) is 27.9. The molecule has 9 nitrogen and oxygen atoms in total. The largest absolute Gasteiger partial charge is 0.392 e. The molecule has 42 heavy (non-hydrogen) atoms. The van der Waals surface area contributed by atoms with Gasteiger partial charge in [-0.2, -0.15) is 5.10 Å². The van der Waals surface area contributed by atoms with Gasteiger partial charge in [-0.25, -0.2) is 9.78 Å². The second kappa shape index (κ2) is 12.0. The van der Waals surface area contributed by atoms with Crippen LogP contribution in [0.1, 0.15) is 79.6 Å². The summed E-state index contributed by atoms with van der Waals surface area (Å²) in [6.45, 7) is 0.486. The number of carbonyl (C=O) groups excluding carboxylic acids is 1. The number of H-pyrrole nitrogens is 1. The highest BCUT2D eigenvalue weighted by Gasteiger charge is 2.51. The summed E-state index contributed by atoms with van der Waals surface area (Å²) in [4.78, 5) is 17.1. The van der Waals surface area contributed by atoms with Gasteiger partial charge in [-0.3, -0.25) is 5.10 Å². The fraction of sp³-hybridized carbons (Fsp3) is 0.531. The number of hydrogen-bond acceptors (Lipinski definition) is 7. The number of benzene rings is 2. The molecule has 2 heterocycles. The van der Waals surface area contributed by atoms with E-state index in [4.69, 9.17) is 9.47 Å². The SMILES string of the molecule is O=C(NCc1ccc(C2OC(CSc3ncn[nH]3)CC(c3ccc(CO)cc3)O2)cc1)NC12CC3CC(CC(C3)C1)C2. The Morgan fingerprint density at radius 2 is 1.60 bits per heavy atom. The molecule has 4 N–H and O–H groups in total. The molecule has 2 amide bonds. The lowest BCUT2D eigenvalue weighted by atomic mass is 9.53. The fourth-order valence-electron chi connectivity index (χ4n) is 7.98. The predicted molar refractivity (Wildman–Crippen MR) is 158 cm³/mol. The zero-order chi connectivity index (χ0) is 28.5. The Bertz CT molecular complexity index is 1310. The molecule has 222 valence electrons. The van der Waals surface area contributed by atoms with E-state index >= 15 is 0 Å². The molecule has 8 rings (SSSR count). The van der Waals surface area contributed by atoms with Crippen LogP contribution in [0.25, 0.3) is 0 Å². The summed E-state index contributed by atoms with van der Waals surface area (Å²) >= 11 is 1.58. The molecule has 4 bridgehead atoms. The normalized spacial score (nSPS) is 31.6. The summed E-state index contributed by atoms with van der Waals surface area (Å²) < 4.78 is 12.9. The van der Waals surface area contributed by atoms with Crippen LogP contribution >= 0.6 is 11.8 Å². The minimum absolute atomic E-state index is 0.00951. The second-order valence-corrected chi connectivity index (χ2v) is 13.7. The molecular formula is C32H39N5O4S. The van der Waals surface area contributed by atoms with Crippen molar-refractivity contribution in [2.24, 2.45) is 17.8 Å². The van der Waals surface area contributed by atoms with Crippen molar-refractivity contribution in [3.63, 3.8) is 0 Å². The number of carbonyl (C=O) groups is 1. The first-order chi connectivity index (χ1) is 20.5. The van der Waals surface area contributed by atoms with Crippen LogP contribution in [0.5, 0.6) is 0 Å². The van der Waals surface area contributed by atoms with Crippen molar-refractivity contribution in [1.29, 1.82) is 0 Å². The molecule has 1 aromatic heterocycles. The zero-order valence-electron chi connectivity index (χ0n) is 23.7. The zero-order valence-corrected chi connectivity index (χ0v) is 24.5. The van der Waals surface area contributed by atoms with Gasteiger partial charge in [-0.15, -0.1) is 0 Å². The first-order valence-electron chi connectivity index (χ1n) is 15.2. The van der Waals surface area contributed by atoms with E-state index in [0.29, 0.717) is 18.7 Å². The van der Waals surface area contributed by atoms with Gasteiger partial charge in [0.15, 0.2) is 11.4 Å². The maximum absolute atomic E-state index is 12.9. The van der Waals surface area contributed by atoms with Crippen molar-refractivity contribution in [3.05, 3.63) is 77.1 Å². The Morgan fingerprint density at radius 3 is 2.24 bits per heavy atom. The number of aromatic nitrogens is 3. The van der Waals surface area contributed by atoms with Gasteiger partial charge in [0.05, 0.1) is 18.8 Å². The van der Waals surface area contributed by atoms with Crippen LogP contribution in [-0.2, 0) is 22.6 Å². The van der Waals surface area contributed by atoms with E-state index in [-0.39, 0.29) is 30.4 Å². The maximum Gasteiger partial charge on any atom is 0.315 e. The van der Waals surface area contributed by atoms with Gasteiger partial charge in [0.1, 0.15) is 6.33 Å². The van der Waals surface area contributed by atoms with Crippen LogP contribution in [0.15, 0.2) is 60.0 Å². The quantitative estimate of drug-likeness (QED) is 0.247. The molecule has 4 aliphatic carbocycles. The van der Waals surface area contributed by atoms with Crippen LogP contribution in [0.2, 0.25) is 0 Å². The van der Waals surface area contributed by atoms with Crippen molar-refractivity contribution in [2.75, 3.05) is 5.75 Å². The number of amides is 2. The molecular weight excluding hydrogens is 550 g/mol. The highest BCUT2D eigenvalue weighted by atomic mass is 32.2. The Labute approximate surface area is 250 Å². The lowest BCUT2D eigenvalue weighted by Gasteiger charge is -2.56. The van der Waals surface area contributed by atoms with E-state index < -0.39 is 6.29 Å². The number of aromatic amines is 1. The van der Waals surface area contributed by atoms with Gasteiger partial charge < -0.3 is 25.2 Å². The van der Waals surface area contributed by atoms with Gasteiger partial charge in [0.2, 0.25) is 0 Å². The van der Waals surface area contributed by atoms with Crippen LogP contribution in [0.3, 0.4) is 0 Å². The molecule has 0 spiro atoms. The van der Waals surface area contributed by atoms with Crippen molar-refractivity contribution in [3.8, 4) is 0 Å². The molecule has 5 fully saturated rings. The molecule has 10 heteroatoms. The monoisotopic (exact) mass is 589 g/mol. The predicted octanol–water partition coefficient (Wildman–Crippen LogP) is 5.40. The molecule has 0 radical (unpaired) electrons. The van der Waals surface area contributed by atoms with Gasteiger partial charge in [0.25, 0.3) is 0 Å². The summed E-state index contributed by atoms with van der Waals surface area (Å²) in [6, 6.07) is 16.0. The fourth-order valence-corrected chi connectivity index (χ4v) is 8.78. The first-order valence-corrected chi connectivity index (χ1v) is 16.1. The summed E-state index contributed by atoms with van der Waals surface area (Å²) in [5, 5.41) is 23.5. The number of ether oxygens (including phenoxy) is 2. The highest BCUT2D eigenvalue weighted by molar-refractivity contribution is 7.99. The number of hydrogen-bond donors (Lipinski definition) is 4. The van der Waals surface area contributed by atoms with Crippen molar-refractivity contribution < 1.29 is 19.4 Å². The van der Waals surface area contributed by atoms with Gasteiger partial charge >= 0.3 is 6.03 Å². The van der Waals surface area contributed by atoms with Gasteiger partial charge in [-0.05, 0) is 73.0 Å². The number of aliphatic hydroxyl groups excluding tert-OH is 1. The topological polar surface area (TPSA) is 121 Å². The average Bonchev–Trinajstić information content (AvgIpc) is 3.52. The van der Waals surface area contributed by atoms with E-state index in [1.807, 2.05) is 48.5 Å². The van der Waals surface area contributed by atoms with E-state index in [2.05, 4.69) is 25.8 Å². The molecule has 3 aromatic rings. The van der Waals surface area contributed by atoms with E-state index in [0.717, 1.165) is 64.4 Å². The van der Waals surface area contributed by atoms with Crippen LogP contribution in [-0.4, -0.2) is 43.7 Å². The van der Waals surface area contributed by atoms with Gasteiger partial charge in [0, 0.05) is 29.8 Å². The standard InChI is InChI=1S/C32H39N5O4S/c38-17-21-3-5-25(6-4-21)28-12-27(18-42-31-34-19-35-37-31)40-29(41-28)26-7-1-20(2-8-26)16-33-30(39)36-32-13-22-9-23(14-32)11-24(10-22)15-32/h1-8,19,22-24,27-29,38H,9-18H2,(H2,33,36,39)(H,34,35,37). The molecule has 3 atom stereocenters. The summed E-state index contributed by atoms with van der Waals surface area (Å²) in [5.41, 5.74) is 3.90. The minimum atomic E-state index is -0.525. The third-order valence-electron chi connectivity index (χ3n) is 9.54. The number of thioether (sulfide) groups is 1. The lowest BCUT2D eigenvalue weighted by molar-refractivity contribution is -0.245. The number of nitrogens with zero attached hydrogens (tertiary/aromatic N) is 2. The summed E-state index contributed by atoms with van der Waals surface area (Å²) in [6.07, 6.45) is 9.00. The number of aliphatic hydroxyl groups is 1. The molecule has 1 aliphatic heterocycles. The number of nitrogens with one attached hydrogen (secondary N) is 3. The molecule has 5 aliphatic rings. The Balaban J connectivity index is 0.979. The third-order valence-corrected chi connectivity index (χ3v) is 10.5. The Kier molecular flexibility index (Phi) is 7.96. The summed E-state index contributed by atoms with van der Waals surface area (Å²) in [5.74, 6) is 3.11. The van der Waals surface area contributed by atoms with Crippen molar-refractivity contribution >= 4 is 17.8 Å². The van der Waals surface area contributed by atoms with E-state index in [1.54, 1.807) is 11.8 Å². The second-order valence-electron chi connectivity index (χ2n) is 12.7. The minimum Gasteiger partial charge on any atom is -0.392 e. The van der Waals surface area contributed by atoms with Crippen LogP contribution in [0, 0.1) is 17.8 Å². The Hall–Kier alpha value is -2.92. The molecule has 1 saturated heterocycles. The molecule has 3 unspecified atom stereocenters. The van der Waals surface area contributed by atoms with Crippen LogP contribution < -0.4 is 10.6 Å².